The Morgan fingerprint density at radius 1 is 1.00 bits per heavy atom. The molecular formula is C21H22ClNO4. The van der Waals surface area contributed by atoms with E-state index in [2.05, 4.69) is 5.32 Å². The quantitative estimate of drug-likeness (QED) is 0.551. The van der Waals surface area contributed by atoms with E-state index in [4.69, 9.17) is 16.3 Å². The Morgan fingerprint density at radius 3 is 2.19 bits per heavy atom. The minimum atomic E-state index is -0.878. The van der Waals surface area contributed by atoms with Crippen molar-refractivity contribution in [1.29, 1.82) is 0 Å². The number of hydrogen-bond donors (Lipinski definition) is 1. The second kappa shape index (κ2) is 9.88. The molecule has 0 unspecified atom stereocenters. The van der Waals surface area contributed by atoms with Gasteiger partial charge in [-0.2, -0.15) is 0 Å². The highest BCUT2D eigenvalue weighted by atomic mass is 35.5. The number of esters is 1. The van der Waals surface area contributed by atoms with Crippen molar-refractivity contribution in [3.63, 3.8) is 0 Å². The predicted molar refractivity (Wildman–Crippen MR) is 104 cm³/mol. The summed E-state index contributed by atoms with van der Waals surface area (Å²) in [6.07, 6.45) is -0.0103. The van der Waals surface area contributed by atoms with Crippen molar-refractivity contribution in [2.24, 2.45) is 0 Å². The van der Waals surface area contributed by atoms with Crippen molar-refractivity contribution in [2.75, 3.05) is 6.54 Å². The summed E-state index contributed by atoms with van der Waals surface area (Å²) in [5.74, 6) is -1.10. The molecule has 0 saturated carbocycles. The molecule has 1 atom stereocenters. The summed E-state index contributed by atoms with van der Waals surface area (Å²) in [6.45, 7) is 3.69. The molecule has 1 N–H and O–H groups in total. The molecule has 2 aromatic carbocycles. The Hall–Kier alpha value is -2.66. The van der Waals surface area contributed by atoms with E-state index < -0.39 is 12.1 Å². The SMILES string of the molecule is CCc1ccc(C(=O)[C@H](C)OC(=O)CCNC(=O)c2ccc(Cl)cc2)cc1. The lowest BCUT2D eigenvalue weighted by atomic mass is 10.0. The Balaban J connectivity index is 1.77. The average Bonchev–Trinajstić information content (AvgIpc) is 2.67. The molecule has 0 saturated heterocycles. The summed E-state index contributed by atoms with van der Waals surface area (Å²) >= 11 is 5.78. The van der Waals surface area contributed by atoms with E-state index in [1.54, 1.807) is 43.3 Å². The van der Waals surface area contributed by atoms with Gasteiger partial charge in [0.1, 0.15) is 0 Å². The largest absolute Gasteiger partial charge is 0.454 e. The third-order valence-electron chi connectivity index (χ3n) is 4.05. The molecule has 0 aliphatic heterocycles. The van der Waals surface area contributed by atoms with Gasteiger partial charge in [-0.1, -0.05) is 42.8 Å². The first-order valence-corrected chi connectivity index (χ1v) is 9.15. The number of amides is 1. The van der Waals surface area contributed by atoms with Crippen molar-refractivity contribution in [2.45, 2.75) is 32.8 Å². The van der Waals surface area contributed by atoms with E-state index in [1.165, 1.54) is 0 Å². The van der Waals surface area contributed by atoms with Crippen LogP contribution in [0.1, 0.15) is 46.5 Å². The molecule has 2 rings (SSSR count). The minimum absolute atomic E-state index is 0.0221. The molecule has 27 heavy (non-hydrogen) atoms. The number of ketones is 1. The van der Waals surface area contributed by atoms with E-state index >= 15 is 0 Å². The van der Waals surface area contributed by atoms with E-state index in [-0.39, 0.29) is 24.7 Å². The number of rotatable bonds is 8. The van der Waals surface area contributed by atoms with E-state index in [0.29, 0.717) is 16.1 Å². The van der Waals surface area contributed by atoms with Crippen LogP contribution in [0.25, 0.3) is 0 Å². The fourth-order valence-corrected chi connectivity index (χ4v) is 2.56. The molecule has 0 fully saturated rings. The number of benzene rings is 2. The zero-order chi connectivity index (χ0) is 19.8. The third kappa shape index (κ3) is 6.22. The van der Waals surface area contributed by atoms with Crippen LogP contribution in [0, 0.1) is 0 Å². The van der Waals surface area contributed by atoms with Crippen LogP contribution in [-0.2, 0) is 16.0 Å². The lowest BCUT2D eigenvalue weighted by Crippen LogP contribution is -2.29. The second-order valence-corrected chi connectivity index (χ2v) is 6.50. The van der Waals surface area contributed by atoms with Gasteiger partial charge in [-0.3, -0.25) is 14.4 Å². The molecule has 0 bridgehead atoms. The number of carbonyl (C=O) groups is 3. The second-order valence-electron chi connectivity index (χ2n) is 6.06. The molecule has 5 nitrogen and oxygen atoms in total. The van der Waals surface area contributed by atoms with Gasteiger partial charge in [0.2, 0.25) is 5.78 Å². The van der Waals surface area contributed by atoms with Crippen molar-refractivity contribution < 1.29 is 19.1 Å². The third-order valence-corrected chi connectivity index (χ3v) is 4.30. The van der Waals surface area contributed by atoms with Gasteiger partial charge in [0.25, 0.3) is 5.91 Å². The first-order valence-electron chi connectivity index (χ1n) is 8.77. The molecule has 0 aliphatic rings. The Morgan fingerprint density at radius 2 is 1.59 bits per heavy atom. The fourth-order valence-electron chi connectivity index (χ4n) is 2.43. The maximum atomic E-state index is 12.3. The smallest absolute Gasteiger partial charge is 0.308 e. The normalized spacial score (nSPS) is 11.5. The van der Waals surface area contributed by atoms with E-state index in [0.717, 1.165) is 12.0 Å². The summed E-state index contributed by atoms with van der Waals surface area (Å²) in [4.78, 5) is 36.2. The van der Waals surface area contributed by atoms with Crippen LogP contribution in [0.5, 0.6) is 0 Å². The summed E-state index contributed by atoms with van der Waals surface area (Å²) in [7, 11) is 0. The van der Waals surface area contributed by atoms with Crippen LogP contribution in [0.3, 0.4) is 0 Å². The van der Waals surface area contributed by atoms with Crippen molar-refractivity contribution in [3.8, 4) is 0 Å². The van der Waals surface area contributed by atoms with Crippen LogP contribution >= 0.6 is 11.6 Å². The Bertz CT molecular complexity index is 800. The molecule has 0 aromatic heterocycles. The van der Waals surface area contributed by atoms with Crippen molar-refractivity contribution in [1.82, 2.24) is 5.32 Å². The van der Waals surface area contributed by atoms with Gasteiger partial charge in [0.15, 0.2) is 6.10 Å². The fraction of sp³-hybridized carbons (Fsp3) is 0.286. The number of ether oxygens (including phenoxy) is 1. The van der Waals surface area contributed by atoms with E-state index in [9.17, 15) is 14.4 Å². The molecule has 142 valence electrons. The molecule has 1 amide bonds. The average molecular weight is 388 g/mol. The van der Waals surface area contributed by atoms with Crippen LogP contribution in [-0.4, -0.2) is 30.3 Å². The van der Waals surface area contributed by atoms with Gasteiger partial charge in [-0.05, 0) is 43.2 Å². The zero-order valence-electron chi connectivity index (χ0n) is 15.3. The highest BCUT2D eigenvalue weighted by Gasteiger charge is 2.19. The van der Waals surface area contributed by atoms with Crippen LogP contribution < -0.4 is 5.32 Å². The lowest BCUT2D eigenvalue weighted by molar-refractivity contribution is -0.146. The lowest BCUT2D eigenvalue weighted by Gasteiger charge is -2.13. The van der Waals surface area contributed by atoms with Gasteiger partial charge in [-0.15, -0.1) is 0 Å². The highest BCUT2D eigenvalue weighted by Crippen LogP contribution is 2.11. The first kappa shape index (κ1) is 20.6. The number of Topliss-reactive ketones (excluding diaryl/α,β-unsaturated/α-hetero) is 1. The Labute approximate surface area is 163 Å². The van der Waals surface area contributed by atoms with Crippen LogP contribution in [0.15, 0.2) is 48.5 Å². The number of carbonyl (C=O) groups excluding carboxylic acids is 3. The van der Waals surface area contributed by atoms with Gasteiger partial charge < -0.3 is 10.1 Å². The number of halogens is 1. The maximum absolute atomic E-state index is 12.3. The van der Waals surface area contributed by atoms with Crippen molar-refractivity contribution in [3.05, 3.63) is 70.2 Å². The van der Waals surface area contributed by atoms with E-state index in [1.807, 2.05) is 19.1 Å². The predicted octanol–water partition coefficient (Wildman–Crippen LogP) is 3.84. The topological polar surface area (TPSA) is 72.5 Å². The molecule has 0 aliphatic carbocycles. The van der Waals surface area contributed by atoms with Gasteiger partial charge in [0.05, 0.1) is 6.42 Å². The summed E-state index contributed by atoms with van der Waals surface area (Å²) in [6, 6.07) is 13.7. The number of aryl methyl sites for hydroxylation is 1. The summed E-state index contributed by atoms with van der Waals surface area (Å²) < 4.78 is 5.17. The molecule has 0 heterocycles. The van der Waals surface area contributed by atoms with Crippen LogP contribution in [0.2, 0.25) is 5.02 Å². The molecule has 0 spiro atoms. The molecular weight excluding hydrogens is 366 g/mol. The van der Waals surface area contributed by atoms with Gasteiger partial charge in [0, 0.05) is 22.7 Å². The Kier molecular flexibility index (Phi) is 7.55. The maximum Gasteiger partial charge on any atom is 0.308 e. The van der Waals surface area contributed by atoms with Crippen LogP contribution in [0.4, 0.5) is 0 Å². The minimum Gasteiger partial charge on any atom is -0.454 e. The molecule has 6 heteroatoms. The molecule has 0 radical (unpaired) electrons. The monoisotopic (exact) mass is 387 g/mol. The van der Waals surface area contributed by atoms with Crippen molar-refractivity contribution >= 4 is 29.3 Å². The summed E-state index contributed by atoms with van der Waals surface area (Å²) in [5.41, 5.74) is 2.09. The van der Waals surface area contributed by atoms with Gasteiger partial charge >= 0.3 is 5.97 Å². The molecule has 2 aromatic rings. The first-order chi connectivity index (χ1) is 12.9. The highest BCUT2D eigenvalue weighted by molar-refractivity contribution is 6.30. The zero-order valence-corrected chi connectivity index (χ0v) is 16.1. The number of hydrogen-bond acceptors (Lipinski definition) is 4. The van der Waals surface area contributed by atoms with Gasteiger partial charge in [-0.25, -0.2) is 0 Å². The summed E-state index contributed by atoms with van der Waals surface area (Å²) in [5, 5.41) is 3.17. The number of nitrogens with one attached hydrogen (secondary N) is 1. The standard InChI is InChI=1S/C21H22ClNO4/c1-3-15-4-6-16(7-5-15)20(25)14(2)27-19(24)12-13-23-21(26)17-8-10-18(22)11-9-17/h4-11,14H,3,12-13H2,1-2H3,(H,23,26)/t14-/m0/s1.